The van der Waals surface area contributed by atoms with E-state index < -0.39 is 23.1 Å². The standard InChI is InChI=1S/C12H2Cl6O4/c13-5-1-2(8(16)10(18)3(5)11(19)20)6(14)4(12(21)22)9(17)7(1)15/h(H,19,20)(H,21,22). The fourth-order valence-corrected chi connectivity index (χ4v) is 3.92. The van der Waals surface area contributed by atoms with Crippen molar-refractivity contribution in [2.45, 2.75) is 0 Å². The van der Waals surface area contributed by atoms with Crippen LogP contribution in [0.1, 0.15) is 20.7 Å². The van der Waals surface area contributed by atoms with Gasteiger partial charge in [0.1, 0.15) is 0 Å². The number of carbonyl (C=O) groups is 2. The molecule has 2 aromatic rings. The highest BCUT2D eigenvalue weighted by atomic mass is 35.5. The third-order valence-electron chi connectivity index (χ3n) is 2.82. The summed E-state index contributed by atoms with van der Waals surface area (Å²) in [6.07, 6.45) is 0. The average Bonchev–Trinajstić information content (AvgIpc) is 2.39. The fraction of sp³-hybridized carbons (Fsp3) is 0. The van der Waals surface area contributed by atoms with Crippen LogP contribution in [-0.2, 0) is 0 Å². The van der Waals surface area contributed by atoms with Gasteiger partial charge < -0.3 is 10.2 Å². The number of hydrogen-bond acceptors (Lipinski definition) is 2. The molecule has 0 aliphatic carbocycles. The lowest BCUT2D eigenvalue weighted by atomic mass is 10.0. The summed E-state index contributed by atoms with van der Waals surface area (Å²) >= 11 is 35.9. The zero-order valence-corrected chi connectivity index (χ0v) is 14.5. The van der Waals surface area contributed by atoms with Crippen LogP contribution >= 0.6 is 69.6 Å². The molecule has 0 unspecified atom stereocenters. The lowest BCUT2D eigenvalue weighted by Gasteiger charge is -2.15. The molecule has 0 radical (unpaired) electrons. The van der Waals surface area contributed by atoms with Crippen LogP contribution in [-0.4, -0.2) is 22.2 Å². The Morgan fingerprint density at radius 2 is 0.818 bits per heavy atom. The molecule has 0 saturated heterocycles. The Kier molecular flexibility index (Phi) is 4.93. The minimum atomic E-state index is -1.44. The molecule has 2 N–H and O–H groups in total. The Balaban J connectivity index is 3.22. The van der Waals surface area contributed by atoms with E-state index >= 15 is 0 Å². The van der Waals surface area contributed by atoms with Gasteiger partial charge in [0.05, 0.1) is 41.3 Å². The Bertz CT molecular complexity index is 790. The molecule has 0 fully saturated rings. The van der Waals surface area contributed by atoms with Gasteiger partial charge in [-0.3, -0.25) is 0 Å². The van der Waals surface area contributed by atoms with Gasteiger partial charge in [0.15, 0.2) is 0 Å². The van der Waals surface area contributed by atoms with E-state index in [1.807, 2.05) is 0 Å². The van der Waals surface area contributed by atoms with Crippen molar-refractivity contribution in [3.8, 4) is 0 Å². The van der Waals surface area contributed by atoms with Crippen molar-refractivity contribution < 1.29 is 19.8 Å². The molecule has 0 aliphatic rings. The molecule has 0 bridgehead atoms. The zero-order chi connectivity index (χ0) is 16.9. The third-order valence-corrected chi connectivity index (χ3v) is 5.28. The van der Waals surface area contributed by atoms with Gasteiger partial charge in [-0.2, -0.15) is 0 Å². The van der Waals surface area contributed by atoms with Crippen molar-refractivity contribution in [2.75, 3.05) is 0 Å². The maximum Gasteiger partial charge on any atom is 0.338 e. The van der Waals surface area contributed by atoms with Crippen LogP contribution in [0, 0.1) is 0 Å². The molecular formula is C12H2Cl6O4. The Morgan fingerprint density at radius 3 is 1.05 bits per heavy atom. The van der Waals surface area contributed by atoms with Crippen LogP contribution < -0.4 is 0 Å². The van der Waals surface area contributed by atoms with Crippen molar-refractivity contribution >= 4 is 92.3 Å². The Labute approximate surface area is 153 Å². The molecule has 2 rings (SSSR count). The summed E-state index contributed by atoms with van der Waals surface area (Å²) in [6.45, 7) is 0. The normalized spacial score (nSPS) is 11.0. The van der Waals surface area contributed by atoms with Crippen LogP contribution in [0.3, 0.4) is 0 Å². The Hall–Kier alpha value is -0.620. The number of hydrogen-bond donors (Lipinski definition) is 2. The molecule has 0 heterocycles. The smallest absolute Gasteiger partial charge is 0.338 e. The summed E-state index contributed by atoms with van der Waals surface area (Å²) in [5.41, 5.74) is -0.976. The average molecular weight is 423 g/mol. The summed E-state index contributed by atoms with van der Waals surface area (Å²) in [6, 6.07) is 0. The van der Waals surface area contributed by atoms with Gasteiger partial charge in [0.2, 0.25) is 0 Å². The number of fused-ring (bicyclic) bond motifs is 1. The summed E-state index contributed by atoms with van der Waals surface area (Å²) in [4.78, 5) is 22.5. The lowest BCUT2D eigenvalue weighted by Crippen LogP contribution is -2.04. The highest BCUT2D eigenvalue weighted by molar-refractivity contribution is 6.57. The quantitative estimate of drug-likeness (QED) is 0.568. The van der Waals surface area contributed by atoms with Crippen molar-refractivity contribution in [3.63, 3.8) is 0 Å². The summed E-state index contributed by atoms with van der Waals surface area (Å²) in [7, 11) is 0. The van der Waals surface area contributed by atoms with Gasteiger partial charge in [-0.15, -0.1) is 0 Å². The van der Waals surface area contributed by atoms with E-state index in [4.69, 9.17) is 69.6 Å². The highest BCUT2D eigenvalue weighted by Gasteiger charge is 2.29. The van der Waals surface area contributed by atoms with Gasteiger partial charge in [0, 0.05) is 10.8 Å². The molecule has 116 valence electrons. The second-order valence-corrected chi connectivity index (χ2v) is 6.26. The van der Waals surface area contributed by atoms with Crippen LogP contribution in [0.25, 0.3) is 10.8 Å². The monoisotopic (exact) mass is 420 g/mol. The first kappa shape index (κ1) is 17.7. The predicted octanol–water partition coefficient (Wildman–Crippen LogP) is 6.16. The van der Waals surface area contributed by atoms with E-state index in [9.17, 15) is 19.8 Å². The van der Waals surface area contributed by atoms with E-state index in [1.165, 1.54) is 0 Å². The van der Waals surface area contributed by atoms with Crippen LogP contribution in [0.5, 0.6) is 0 Å². The largest absolute Gasteiger partial charge is 0.478 e. The first-order valence-corrected chi connectivity index (χ1v) is 7.51. The van der Waals surface area contributed by atoms with E-state index in [2.05, 4.69) is 0 Å². The molecule has 2 aromatic carbocycles. The number of carboxylic acid groups (broad SMARTS) is 2. The fourth-order valence-electron chi connectivity index (χ4n) is 1.89. The first-order valence-electron chi connectivity index (χ1n) is 5.24. The van der Waals surface area contributed by atoms with Crippen molar-refractivity contribution in [1.29, 1.82) is 0 Å². The minimum Gasteiger partial charge on any atom is -0.478 e. The summed E-state index contributed by atoms with van der Waals surface area (Å²) in [5, 5.41) is 16.1. The van der Waals surface area contributed by atoms with Gasteiger partial charge in [0.25, 0.3) is 0 Å². The van der Waals surface area contributed by atoms with E-state index in [1.54, 1.807) is 0 Å². The predicted molar refractivity (Wildman–Crippen MR) is 87.9 cm³/mol. The van der Waals surface area contributed by atoms with E-state index in [0.29, 0.717) is 0 Å². The second kappa shape index (κ2) is 6.11. The van der Waals surface area contributed by atoms with Crippen LogP contribution in [0.15, 0.2) is 0 Å². The van der Waals surface area contributed by atoms with Gasteiger partial charge in [-0.1, -0.05) is 69.6 Å². The van der Waals surface area contributed by atoms with Crippen molar-refractivity contribution in [3.05, 3.63) is 41.3 Å². The summed E-state index contributed by atoms with van der Waals surface area (Å²) in [5.74, 6) is -2.88. The zero-order valence-electron chi connectivity index (χ0n) is 9.98. The molecule has 4 nitrogen and oxygen atoms in total. The molecule has 10 heteroatoms. The second-order valence-electron chi connectivity index (χ2n) is 3.99. The molecule has 22 heavy (non-hydrogen) atoms. The SMILES string of the molecule is O=C(O)c1c(Cl)c(Cl)c2c(Cl)c(C(=O)O)c(Cl)c(Cl)c2c1Cl. The molecule has 0 aromatic heterocycles. The number of rotatable bonds is 2. The van der Waals surface area contributed by atoms with E-state index in [-0.39, 0.29) is 40.9 Å². The Morgan fingerprint density at radius 1 is 0.545 bits per heavy atom. The molecule has 0 amide bonds. The molecule has 0 aliphatic heterocycles. The minimum absolute atomic E-state index is 0.0878. The maximum atomic E-state index is 11.3. The van der Waals surface area contributed by atoms with E-state index in [0.717, 1.165) is 0 Å². The number of aromatic carboxylic acids is 2. The maximum absolute atomic E-state index is 11.3. The number of benzene rings is 2. The van der Waals surface area contributed by atoms with Crippen LogP contribution in [0.2, 0.25) is 30.1 Å². The van der Waals surface area contributed by atoms with Gasteiger partial charge in [-0.25, -0.2) is 9.59 Å². The van der Waals surface area contributed by atoms with Crippen molar-refractivity contribution in [1.82, 2.24) is 0 Å². The van der Waals surface area contributed by atoms with Gasteiger partial charge in [-0.05, 0) is 0 Å². The van der Waals surface area contributed by atoms with Crippen LogP contribution in [0.4, 0.5) is 0 Å². The van der Waals surface area contributed by atoms with Crippen molar-refractivity contribution in [2.24, 2.45) is 0 Å². The molecule has 0 spiro atoms. The third kappa shape index (κ3) is 2.48. The first-order chi connectivity index (χ1) is 10.1. The number of halogens is 6. The topological polar surface area (TPSA) is 74.6 Å². The molecule has 0 saturated carbocycles. The summed E-state index contributed by atoms with van der Waals surface area (Å²) < 4.78 is 0. The highest BCUT2D eigenvalue weighted by Crippen LogP contribution is 2.49. The lowest BCUT2D eigenvalue weighted by molar-refractivity contribution is 0.0686. The van der Waals surface area contributed by atoms with Gasteiger partial charge >= 0.3 is 11.9 Å². The molecular weight excluding hydrogens is 421 g/mol. The number of carboxylic acids is 2. The molecule has 0 atom stereocenters.